The van der Waals surface area contributed by atoms with Crippen LogP contribution in [0.25, 0.3) is 22.2 Å². The van der Waals surface area contributed by atoms with Gasteiger partial charge in [-0.3, -0.25) is 4.79 Å². The molecular formula is C32H45N3O3. The van der Waals surface area contributed by atoms with E-state index < -0.39 is 11.7 Å². The van der Waals surface area contributed by atoms with Crippen molar-refractivity contribution >= 4 is 22.9 Å². The van der Waals surface area contributed by atoms with E-state index in [1.807, 2.05) is 39.5 Å². The number of H-pyrrole nitrogens is 1. The second-order valence-corrected chi connectivity index (χ2v) is 11.4. The summed E-state index contributed by atoms with van der Waals surface area (Å²) in [5.74, 6) is -0.0223. The molecular weight excluding hydrogens is 474 g/mol. The molecule has 2 amide bonds. The van der Waals surface area contributed by atoms with Crippen LogP contribution in [-0.4, -0.2) is 47.1 Å². The average molecular weight is 520 g/mol. The molecule has 0 fully saturated rings. The number of nitrogens with zero attached hydrogens (tertiary/aromatic N) is 1. The molecule has 206 valence electrons. The van der Waals surface area contributed by atoms with Gasteiger partial charge in [0.05, 0.1) is 11.6 Å². The van der Waals surface area contributed by atoms with Crippen LogP contribution < -0.4 is 5.32 Å². The second-order valence-electron chi connectivity index (χ2n) is 11.4. The zero-order valence-electron chi connectivity index (χ0n) is 24.6. The van der Waals surface area contributed by atoms with Crippen LogP contribution in [0.2, 0.25) is 0 Å². The van der Waals surface area contributed by atoms with Gasteiger partial charge >= 0.3 is 6.09 Å². The number of aryl methyl sites for hydroxylation is 2. The van der Waals surface area contributed by atoms with Crippen molar-refractivity contribution in [3.05, 3.63) is 58.7 Å². The Labute approximate surface area is 228 Å². The molecule has 0 aliphatic rings. The second kappa shape index (κ2) is 12.1. The maximum Gasteiger partial charge on any atom is 0.407 e. The number of amides is 2. The van der Waals surface area contributed by atoms with Gasteiger partial charge in [0.25, 0.3) is 0 Å². The first-order valence-corrected chi connectivity index (χ1v) is 13.9. The lowest BCUT2D eigenvalue weighted by Gasteiger charge is -2.25. The lowest BCUT2D eigenvalue weighted by Crippen LogP contribution is -2.34. The molecule has 2 aromatic carbocycles. The number of hydrogen-bond acceptors (Lipinski definition) is 3. The molecule has 0 aliphatic carbocycles. The van der Waals surface area contributed by atoms with Gasteiger partial charge in [-0.2, -0.15) is 0 Å². The quantitative estimate of drug-likeness (QED) is 0.308. The third kappa shape index (κ3) is 6.77. The zero-order chi connectivity index (χ0) is 28.2. The summed E-state index contributed by atoms with van der Waals surface area (Å²) in [7, 11) is 0. The summed E-state index contributed by atoms with van der Waals surface area (Å²) in [4.78, 5) is 31.3. The number of carbonyl (C=O) groups is 2. The molecule has 2 atom stereocenters. The minimum Gasteiger partial charge on any atom is -0.444 e. The van der Waals surface area contributed by atoms with Gasteiger partial charge in [-0.1, -0.05) is 37.1 Å². The first kappa shape index (κ1) is 29.3. The Morgan fingerprint density at radius 2 is 1.63 bits per heavy atom. The van der Waals surface area contributed by atoms with Crippen molar-refractivity contribution in [1.82, 2.24) is 15.2 Å². The number of rotatable bonds is 9. The van der Waals surface area contributed by atoms with Gasteiger partial charge in [0.2, 0.25) is 5.91 Å². The van der Waals surface area contributed by atoms with Gasteiger partial charge in [-0.05, 0) is 95.8 Å². The highest BCUT2D eigenvalue weighted by molar-refractivity contribution is 5.93. The maximum atomic E-state index is 13.3. The van der Waals surface area contributed by atoms with Crippen LogP contribution in [0.5, 0.6) is 0 Å². The maximum absolute atomic E-state index is 13.3. The molecule has 6 heteroatoms. The van der Waals surface area contributed by atoms with Crippen molar-refractivity contribution in [2.45, 2.75) is 86.2 Å². The standard InChI is InChI=1S/C32H45N3O3/c1-10-25(30(36)35(11-2)12-3)23-13-14-27-26(18-23)28(22(6)19-33-31(37)38-32(7,8)9)29(34-27)24-16-20(4)15-21(5)17-24/h13-18,22,25,34H,10-12,19H2,1-9H3,(H,33,37). The number of hydrogen-bond donors (Lipinski definition) is 2. The number of alkyl carbamates (subject to hydrolysis) is 1. The summed E-state index contributed by atoms with van der Waals surface area (Å²) < 4.78 is 5.47. The molecule has 1 heterocycles. The fraction of sp³-hybridized carbons (Fsp3) is 0.500. The number of nitrogens with one attached hydrogen (secondary N) is 2. The van der Waals surface area contributed by atoms with Crippen molar-refractivity contribution < 1.29 is 14.3 Å². The predicted molar refractivity (Wildman–Crippen MR) is 157 cm³/mol. The van der Waals surface area contributed by atoms with Gasteiger partial charge < -0.3 is 19.9 Å². The number of carbonyl (C=O) groups excluding carboxylic acids is 2. The van der Waals surface area contributed by atoms with Gasteiger partial charge in [-0.15, -0.1) is 0 Å². The van der Waals surface area contributed by atoms with Gasteiger partial charge in [0, 0.05) is 36.5 Å². The molecule has 2 unspecified atom stereocenters. The highest BCUT2D eigenvalue weighted by Gasteiger charge is 2.26. The van der Waals surface area contributed by atoms with Crippen molar-refractivity contribution in [2.75, 3.05) is 19.6 Å². The molecule has 3 rings (SSSR count). The molecule has 38 heavy (non-hydrogen) atoms. The van der Waals surface area contributed by atoms with E-state index in [1.54, 1.807) is 0 Å². The first-order chi connectivity index (χ1) is 17.9. The van der Waals surface area contributed by atoms with Crippen molar-refractivity contribution in [1.29, 1.82) is 0 Å². The minimum atomic E-state index is -0.556. The summed E-state index contributed by atoms with van der Waals surface area (Å²) in [6.07, 6.45) is 0.314. The van der Waals surface area contributed by atoms with E-state index in [2.05, 4.69) is 74.4 Å². The third-order valence-corrected chi connectivity index (χ3v) is 7.00. The van der Waals surface area contributed by atoms with E-state index >= 15 is 0 Å². The highest BCUT2D eigenvalue weighted by Crippen LogP contribution is 2.38. The fourth-order valence-electron chi connectivity index (χ4n) is 5.27. The molecule has 6 nitrogen and oxygen atoms in total. The predicted octanol–water partition coefficient (Wildman–Crippen LogP) is 7.44. The van der Waals surface area contributed by atoms with Crippen molar-refractivity contribution in [2.24, 2.45) is 0 Å². The molecule has 0 aliphatic heterocycles. The summed E-state index contributed by atoms with van der Waals surface area (Å²) in [5, 5.41) is 4.04. The molecule has 0 spiro atoms. The van der Waals surface area contributed by atoms with E-state index in [4.69, 9.17) is 4.74 Å². The van der Waals surface area contributed by atoms with E-state index in [0.29, 0.717) is 19.6 Å². The van der Waals surface area contributed by atoms with Crippen molar-refractivity contribution in [3.8, 4) is 11.3 Å². The van der Waals surface area contributed by atoms with Crippen molar-refractivity contribution in [3.63, 3.8) is 0 Å². The van der Waals surface area contributed by atoms with Crippen LogP contribution in [-0.2, 0) is 9.53 Å². The zero-order valence-corrected chi connectivity index (χ0v) is 24.6. The Balaban J connectivity index is 2.11. The smallest absolute Gasteiger partial charge is 0.407 e. The molecule has 3 aromatic rings. The molecule has 0 saturated heterocycles. The van der Waals surface area contributed by atoms with Crippen LogP contribution in [0.15, 0.2) is 36.4 Å². The number of aromatic amines is 1. The Hall–Kier alpha value is -3.28. The van der Waals surface area contributed by atoms with Crippen LogP contribution >= 0.6 is 0 Å². The van der Waals surface area contributed by atoms with E-state index in [1.165, 1.54) is 11.1 Å². The third-order valence-electron chi connectivity index (χ3n) is 7.00. The van der Waals surface area contributed by atoms with Crippen LogP contribution in [0.1, 0.15) is 89.0 Å². The van der Waals surface area contributed by atoms with Crippen LogP contribution in [0.4, 0.5) is 4.79 Å². The summed E-state index contributed by atoms with van der Waals surface area (Å²) >= 11 is 0. The number of aromatic nitrogens is 1. The fourth-order valence-corrected chi connectivity index (χ4v) is 5.27. The SMILES string of the molecule is CCC(C(=O)N(CC)CC)c1ccc2[nH]c(-c3cc(C)cc(C)c3)c(C(C)CNC(=O)OC(C)(C)C)c2c1. The Kier molecular flexibility index (Phi) is 9.29. The number of benzene rings is 2. The van der Waals surface area contributed by atoms with Crippen LogP contribution in [0, 0.1) is 13.8 Å². The van der Waals surface area contributed by atoms with Gasteiger partial charge in [0.1, 0.15) is 5.60 Å². The van der Waals surface area contributed by atoms with Crippen LogP contribution in [0.3, 0.4) is 0 Å². The molecule has 1 aromatic heterocycles. The number of ether oxygens (including phenoxy) is 1. The number of fused-ring (bicyclic) bond motifs is 1. The molecule has 0 bridgehead atoms. The molecule has 0 radical (unpaired) electrons. The average Bonchev–Trinajstić information content (AvgIpc) is 3.21. The largest absolute Gasteiger partial charge is 0.444 e. The monoisotopic (exact) mass is 519 g/mol. The van der Waals surface area contributed by atoms with E-state index in [9.17, 15) is 9.59 Å². The summed E-state index contributed by atoms with van der Waals surface area (Å²) in [6.45, 7) is 19.9. The van der Waals surface area contributed by atoms with Gasteiger partial charge in [0.15, 0.2) is 0 Å². The normalized spacial score (nSPS) is 13.3. The highest BCUT2D eigenvalue weighted by atomic mass is 16.6. The minimum absolute atomic E-state index is 0.000830. The Morgan fingerprint density at radius 1 is 1.00 bits per heavy atom. The molecule has 2 N–H and O–H groups in total. The van der Waals surface area contributed by atoms with Gasteiger partial charge in [-0.25, -0.2) is 4.79 Å². The Morgan fingerprint density at radius 3 is 2.18 bits per heavy atom. The molecule has 0 saturated carbocycles. The van der Waals surface area contributed by atoms with E-state index in [-0.39, 0.29) is 17.7 Å². The Bertz CT molecular complexity index is 1260. The first-order valence-electron chi connectivity index (χ1n) is 13.9. The topological polar surface area (TPSA) is 74.4 Å². The summed E-state index contributed by atoms with van der Waals surface area (Å²) in [6, 6.07) is 12.9. The summed E-state index contributed by atoms with van der Waals surface area (Å²) in [5.41, 5.74) is 7.18. The number of likely N-dealkylation sites (N-methyl/N-ethyl adjacent to an activating group) is 1. The lowest BCUT2D eigenvalue weighted by atomic mass is 9.90. The van der Waals surface area contributed by atoms with E-state index in [0.717, 1.165) is 39.7 Å². The lowest BCUT2D eigenvalue weighted by molar-refractivity contribution is -0.132.